The van der Waals surface area contributed by atoms with E-state index in [0.29, 0.717) is 17.9 Å². The minimum Gasteiger partial charge on any atom is -0.491 e. The van der Waals surface area contributed by atoms with E-state index in [1.807, 2.05) is 6.07 Å². The fourth-order valence-electron chi connectivity index (χ4n) is 1.78. The number of hydrogen-bond acceptors (Lipinski definition) is 3. The van der Waals surface area contributed by atoms with Crippen LogP contribution in [0.3, 0.4) is 0 Å². The monoisotopic (exact) mass is 284 g/mol. The standard InChI is InChI=1S/C16H13FN2O2/c1-2-21-15-7-6-12(9-14(15)17)16(20)19-13-5-3-4-11(8-13)10-18/h3-9H,2H2,1H3,(H,19,20). The molecule has 0 aromatic heterocycles. The largest absolute Gasteiger partial charge is 0.491 e. The van der Waals surface area contributed by atoms with Crippen LogP contribution in [0.25, 0.3) is 0 Å². The summed E-state index contributed by atoms with van der Waals surface area (Å²) in [7, 11) is 0. The molecule has 0 atom stereocenters. The molecular formula is C16H13FN2O2. The highest BCUT2D eigenvalue weighted by molar-refractivity contribution is 6.04. The number of anilines is 1. The van der Waals surface area contributed by atoms with Gasteiger partial charge in [-0.15, -0.1) is 0 Å². The van der Waals surface area contributed by atoms with Crippen LogP contribution in [0.2, 0.25) is 0 Å². The van der Waals surface area contributed by atoms with Gasteiger partial charge in [-0.25, -0.2) is 4.39 Å². The topological polar surface area (TPSA) is 62.1 Å². The van der Waals surface area contributed by atoms with Crippen molar-refractivity contribution in [2.75, 3.05) is 11.9 Å². The molecule has 0 heterocycles. The predicted molar refractivity (Wildman–Crippen MR) is 76.7 cm³/mol. The Bertz CT molecular complexity index is 708. The molecule has 0 aliphatic carbocycles. The molecule has 0 saturated carbocycles. The summed E-state index contributed by atoms with van der Waals surface area (Å²) >= 11 is 0. The lowest BCUT2D eigenvalue weighted by atomic mass is 10.1. The van der Waals surface area contributed by atoms with E-state index in [2.05, 4.69) is 5.32 Å². The summed E-state index contributed by atoms with van der Waals surface area (Å²) in [6.45, 7) is 2.10. The van der Waals surface area contributed by atoms with Crippen molar-refractivity contribution in [1.29, 1.82) is 5.26 Å². The van der Waals surface area contributed by atoms with Crippen LogP contribution in [-0.2, 0) is 0 Å². The lowest BCUT2D eigenvalue weighted by Gasteiger charge is -2.08. The number of carbonyl (C=O) groups is 1. The summed E-state index contributed by atoms with van der Waals surface area (Å²) in [6, 6.07) is 12.5. The SMILES string of the molecule is CCOc1ccc(C(=O)Nc2cccc(C#N)c2)cc1F. The van der Waals surface area contributed by atoms with Crippen molar-refractivity contribution in [2.24, 2.45) is 0 Å². The van der Waals surface area contributed by atoms with Crippen molar-refractivity contribution < 1.29 is 13.9 Å². The number of benzene rings is 2. The number of nitrogens with zero attached hydrogens (tertiary/aromatic N) is 1. The van der Waals surface area contributed by atoms with Gasteiger partial charge in [-0.3, -0.25) is 4.79 Å². The van der Waals surface area contributed by atoms with Crippen LogP contribution >= 0.6 is 0 Å². The number of nitriles is 1. The summed E-state index contributed by atoms with van der Waals surface area (Å²) in [5, 5.41) is 11.4. The zero-order valence-electron chi connectivity index (χ0n) is 11.4. The van der Waals surface area contributed by atoms with Gasteiger partial charge in [0.1, 0.15) is 0 Å². The van der Waals surface area contributed by atoms with Gasteiger partial charge >= 0.3 is 0 Å². The van der Waals surface area contributed by atoms with Crippen LogP contribution in [0.4, 0.5) is 10.1 Å². The third-order valence-corrected chi connectivity index (χ3v) is 2.74. The van der Waals surface area contributed by atoms with Crippen molar-refractivity contribution in [2.45, 2.75) is 6.92 Å². The van der Waals surface area contributed by atoms with Crippen LogP contribution in [-0.4, -0.2) is 12.5 Å². The molecule has 0 saturated heterocycles. The number of amides is 1. The zero-order chi connectivity index (χ0) is 15.2. The molecule has 1 amide bonds. The number of nitrogens with one attached hydrogen (secondary N) is 1. The Balaban J connectivity index is 2.16. The second kappa shape index (κ2) is 6.53. The van der Waals surface area contributed by atoms with E-state index in [1.54, 1.807) is 31.2 Å². The Kier molecular flexibility index (Phi) is 4.52. The number of carbonyl (C=O) groups excluding carboxylic acids is 1. The molecule has 0 spiro atoms. The highest BCUT2D eigenvalue weighted by Crippen LogP contribution is 2.19. The third kappa shape index (κ3) is 3.57. The molecule has 106 valence electrons. The highest BCUT2D eigenvalue weighted by atomic mass is 19.1. The van der Waals surface area contributed by atoms with Gasteiger partial charge in [-0.1, -0.05) is 6.07 Å². The average molecular weight is 284 g/mol. The number of ether oxygens (including phenoxy) is 1. The molecule has 0 unspecified atom stereocenters. The molecule has 0 fully saturated rings. The maximum atomic E-state index is 13.7. The Labute approximate surface area is 121 Å². The van der Waals surface area contributed by atoms with Gasteiger partial charge < -0.3 is 10.1 Å². The van der Waals surface area contributed by atoms with Gasteiger partial charge in [0, 0.05) is 11.3 Å². The smallest absolute Gasteiger partial charge is 0.255 e. The van der Waals surface area contributed by atoms with Crippen LogP contribution < -0.4 is 10.1 Å². The fourth-order valence-corrected chi connectivity index (χ4v) is 1.78. The maximum absolute atomic E-state index is 13.7. The molecule has 2 rings (SSSR count). The first-order valence-corrected chi connectivity index (χ1v) is 6.38. The third-order valence-electron chi connectivity index (χ3n) is 2.74. The molecule has 0 radical (unpaired) electrons. The van der Waals surface area contributed by atoms with Crippen molar-refractivity contribution in [3.8, 4) is 11.8 Å². The summed E-state index contributed by atoms with van der Waals surface area (Å²) in [4.78, 5) is 12.0. The first-order chi connectivity index (χ1) is 10.1. The van der Waals surface area contributed by atoms with Crippen molar-refractivity contribution >= 4 is 11.6 Å². The van der Waals surface area contributed by atoms with Crippen molar-refractivity contribution in [1.82, 2.24) is 0 Å². The summed E-state index contributed by atoms with van der Waals surface area (Å²) in [5.74, 6) is -0.928. The molecule has 0 bridgehead atoms. The average Bonchev–Trinajstić information content (AvgIpc) is 2.49. The van der Waals surface area contributed by atoms with Gasteiger partial charge in [0.25, 0.3) is 5.91 Å². The maximum Gasteiger partial charge on any atom is 0.255 e. The van der Waals surface area contributed by atoms with E-state index < -0.39 is 11.7 Å². The van der Waals surface area contributed by atoms with Crippen LogP contribution in [0.5, 0.6) is 5.75 Å². The molecule has 2 aromatic rings. The van der Waals surface area contributed by atoms with Gasteiger partial charge in [0.05, 0.1) is 18.2 Å². The lowest BCUT2D eigenvalue weighted by molar-refractivity contribution is 0.102. The molecular weight excluding hydrogens is 271 g/mol. The van der Waals surface area contributed by atoms with Gasteiger partial charge in [0.15, 0.2) is 11.6 Å². The highest BCUT2D eigenvalue weighted by Gasteiger charge is 2.11. The van der Waals surface area contributed by atoms with Gasteiger partial charge in [-0.05, 0) is 43.3 Å². The Morgan fingerprint density at radius 3 is 2.81 bits per heavy atom. The molecule has 1 N–H and O–H groups in total. The van der Waals surface area contributed by atoms with Gasteiger partial charge in [0.2, 0.25) is 0 Å². The normalized spacial score (nSPS) is 9.76. The van der Waals surface area contributed by atoms with E-state index in [4.69, 9.17) is 10.00 Å². The fraction of sp³-hybridized carbons (Fsp3) is 0.125. The minimum absolute atomic E-state index is 0.112. The van der Waals surface area contributed by atoms with E-state index in [1.165, 1.54) is 12.1 Å². The zero-order valence-corrected chi connectivity index (χ0v) is 11.4. The van der Waals surface area contributed by atoms with Gasteiger partial charge in [-0.2, -0.15) is 5.26 Å². The van der Waals surface area contributed by atoms with E-state index in [0.717, 1.165) is 6.07 Å². The van der Waals surface area contributed by atoms with Crippen molar-refractivity contribution in [3.63, 3.8) is 0 Å². The molecule has 0 aliphatic heterocycles. The first-order valence-electron chi connectivity index (χ1n) is 6.38. The molecule has 2 aromatic carbocycles. The molecule has 4 nitrogen and oxygen atoms in total. The Morgan fingerprint density at radius 2 is 2.14 bits per heavy atom. The molecule has 0 aliphatic rings. The van der Waals surface area contributed by atoms with E-state index >= 15 is 0 Å². The summed E-state index contributed by atoms with van der Waals surface area (Å²) in [6.07, 6.45) is 0. The minimum atomic E-state index is -0.588. The Morgan fingerprint density at radius 1 is 1.33 bits per heavy atom. The van der Waals surface area contributed by atoms with Crippen LogP contribution in [0.15, 0.2) is 42.5 Å². The number of hydrogen-bond donors (Lipinski definition) is 1. The molecule has 21 heavy (non-hydrogen) atoms. The first kappa shape index (κ1) is 14.5. The quantitative estimate of drug-likeness (QED) is 0.936. The van der Waals surface area contributed by atoms with Crippen LogP contribution in [0, 0.1) is 17.1 Å². The van der Waals surface area contributed by atoms with Crippen molar-refractivity contribution in [3.05, 3.63) is 59.4 Å². The van der Waals surface area contributed by atoms with E-state index in [-0.39, 0.29) is 11.3 Å². The Hall–Kier alpha value is -2.87. The summed E-state index contributed by atoms with van der Waals surface area (Å²) in [5.41, 5.74) is 1.09. The predicted octanol–water partition coefficient (Wildman–Crippen LogP) is 3.35. The number of halogens is 1. The second-order valence-corrected chi connectivity index (χ2v) is 4.22. The molecule has 5 heteroatoms. The second-order valence-electron chi connectivity index (χ2n) is 4.22. The van der Waals surface area contributed by atoms with E-state index in [9.17, 15) is 9.18 Å². The lowest BCUT2D eigenvalue weighted by Crippen LogP contribution is -2.12. The summed E-state index contributed by atoms with van der Waals surface area (Å²) < 4.78 is 18.8. The van der Waals surface area contributed by atoms with Crippen LogP contribution in [0.1, 0.15) is 22.8 Å². The number of rotatable bonds is 4.